The van der Waals surface area contributed by atoms with Crippen molar-refractivity contribution in [1.82, 2.24) is 4.90 Å². The largest absolute Gasteiger partial charge is 0.329 e. The first-order valence-electron chi connectivity index (χ1n) is 6.22. The van der Waals surface area contributed by atoms with Crippen LogP contribution in [0.4, 0.5) is 0 Å². The van der Waals surface area contributed by atoms with Crippen LogP contribution in [0.5, 0.6) is 0 Å². The Morgan fingerprint density at radius 1 is 1.41 bits per heavy atom. The molecule has 1 saturated heterocycles. The van der Waals surface area contributed by atoms with E-state index in [9.17, 15) is 0 Å². The molecule has 0 bridgehead atoms. The van der Waals surface area contributed by atoms with E-state index in [0.29, 0.717) is 12.0 Å². The number of halogens is 1. The first kappa shape index (κ1) is 12.9. The Balaban J connectivity index is 2.21. The second-order valence-corrected chi connectivity index (χ2v) is 6.06. The lowest BCUT2D eigenvalue weighted by Crippen LogP contribution is -2.33. The molecule has 2 rings (SSSR count). The summed E-state index contributed by atoms with van der Waals surface area (Å²) < 4.78 is 0. The highest BCUT2D eigenvalue weighted by Crippen LogP contribution is 2.36. The van der Waals surface area contributed by atoms with Gasteiger partial charge in [-0.15, -0.1) is 0 Å². The van der Waals surface area contributed by atoms with Gasteiger partial charge in [0.1, 0.15) is 0 Å². The summed E-state index contributed by atoms with van der Waals surface area (Å²) in [5.41, 5.74) is 7.50. The highest BCUT2D eigenvalue weighted by atomic mass is 35.5. The maximum absolute atomic E-state index is 6.27. The van der Waals surface area contributed by atoms with Crippen molar-refractivity contribution < 1.29 is 0 Å². The lowest BCUT2D eigenvalue weighted by molar-refractivity contribution is 0.223. The van der Waals surface area contributed by atoms with Crippen molar-refractivity contribution in [2.45, 2.75) is 26.3 Å². The lowest BCUT2D eigenvalue weighted by Gasteiger charge is -2.29. The molecule has 17 heavy (non-hydrogen) atoms. The molecule has 2 nitrogen and oxygen atoms in total. The topological polar surface area (TPSA) is 29.3 Å². The van der Waals surface area contributed by atoms with Gasteiger partial charge in [-0.05, 0) is 30.0 Å². The monoisotopic (exact) mass is 252 g/mol. The summed E-state index contributed by atoms with van der Waals surface area (Å²) in [4.78, 5) is 2.46. The number of hydrogen-bond donors (Lipinski definition) is 1. The van der Waals surface area contributed by atoms with Crippen molar-refractivity contribution in [3.8, 4) is 0 Å². The van der Waals surface area contributed by atoms with Crippen molar-refractivity contribution in [2.24, 2.45) is 11.1 Å². The third kappa shape index (κ3) is 2.82. The Bertz CT molecular complexity index is 390. The van der Waals surface area contributed by atoms with Crippen LogP contribution in [0.25, 0.3) is 0 Å². The normalized spacial score (nSPS) is 21.6. The van der Waals surface area contributed by atoms with Gasteiger partial charge in [-0.3, -0.25) is 4.90 Å². The highest BCUT2D eigenvalue weighted by Gasteiger charge is 2.33. The van der Waals surface area contributed by atoms with Gasteiger partial charge in [-0.25, -0.2) is 0 Å². The second-order valence-electron chi connectivity index (χ2n) is 5.66. The molecule has 1 atom stereocenters. The molecule has 0 aliphatic carbocycles. The summed E-state index contributed by atoms with van der Waals surface area (Å²) in [7, 11) is 0. The Morgan fingerprint density at radius 3 is 2.65 bits per heavy atom. The van der Waals surface area contributed by atoms with Gasteiger partial charge in [0.2, 0.25) is 0 Å². The Labute approximate surface area is 109 Å². The number of rotatable bonds is 3. The van der Waals surface area contributed by atoms with Crippen LogP contribution >= 0.6 is 11.6 Å². The molecule has 1 aliphatic rings. The molecule has 1 unspecified atom stereocenters. The molecule has 0 saturated carbocycles. The zero-order chi connectivity index (χ0) is 12.5. The number of hydrogen-bond acceptors (Lipinski definition) is 2. The van der Waals surface area contributed by atoms with Gasteiger partial charge in [0.25, 0.3) is 0 Å². The van der Waals surface area contributed by atoms with E-state index in [1.54, 1.807) is 0 Å². The minimum absolute atomic E-state index is 0.255. The van der Waals surface area contributed by atoms with Gasteiger partial charge in [0.05, 0.1) is 0 Å². The summed E-state index contributed by atoms with van der Waals surface area (Å²) in [6.07, 6.45) is 1.23. The maximum Gasteiger partial charge on any atom is 0.0485 e. The first-order chi connectivity index (χ1) is 8.03. The number of likely N-dealkylation sites (tertiary alicyclic amines) is 1. The average molecular weight is 253 g/mol. The zero-order valence-electron chi connectivity index (χ0n) is 10.6. The van der Waals surface area contributed by atoms with Gasteiger partial charge in [0.15, 0.2) is 0 Å². The Morgan fingerprint density at radius 2 is 2.12 bits per heavy atom. The average Bonchev–Trinajstić information content (AvgIpc) is 2.63. The fourth-order valence-corrected chi connectivity index (χ4v) is 2.90. The van der Waals surface area contributed by atoms with E-state index in [2.05, 4.69) is 24.8 Å². The van der Waals surface area contributed by atoms with E-state index in [4.69, 9.17) is 17.3 Å². The quantitative estimate of drug-likeness (QED) is 0.896. The van der Waals surface area contributed by atoms with Gasteiger partial charge >= 0.3 is 0 Å². The van der Waals surface area contributed by atoms with Gasteiger partial charge < -0.3 is 5.73 Å². The van der Waals surface area contributed by atoms with Crippen molar-refractivity contribution in [2.75, 3.05) is 19.6 Å². The summed E-state index contributed by atoms with van der Waals surface area (Å²) in [5, 5.41) is 0.827. The second kappa shape index (κ2) is 4.97. The standard InChI is InChI=1S/C14H21ClN2/c1-14(2)7-8-17(10-14)13(9-16)11-5-3-4-6-12(11)15/h3-6,13H,7-10,16H2,1-2H3. The minimum atomic E-state index is 0.255. The van der Waals surface area contributed by atoms with E-state index in [-0.39, 0.29) is 6.04 Å². The molecule has 1 heterocycles. The Hall–Kier alpha value is -0.570. The third-order valence-corrected chi connectivity index (χ3v) is 3.98. The smallest absolute Gasteiger partial charge is 0.0485 e. The number of benzene rings is 1. The van der Waals surface area contributed by atoms with Gasteiger partial charge in [-0.2, -0.15) is 0 Å². The van der Waals surface area contributed by atoms with Gasteiger partial charge in [0, 0.05) is 24.2 Å². The molecule has 1 aliphatic heterocycles. The predicted octanol–water partition coefficient (Wildman–Crippen LogP) is 3.07. The summed E-state index contributed by atoms with van der Waals surface area (Å²) in [6, 6.07) is 8.29. The van der Waals surface area contributed by atoms with Crippen molar-refractivity contribution >= 4 is 11.6 Å². The summed E-state index contributed by atoms with van der Waals surface area (Å²) in [5.74, 6) is 0. The molecule has 0 amide bonds. The zero-order valence-corrected chi connectivity index (χ0v) is 11.4. The molecule has 3 heteroatoms. The highest BCUT2D eigenvalue weighted by molar-refractivity contribution is 6.31. The van der Waals surface area contributed by atoms with E-state index >= 15 is 0 Å². The molecule has 1 aromatic carbocycles. The number of nitrogens with two attached hydrogens (primary N) is 1. The van der Waals surface area contributed by atoms with Crippen molar-refractivity contribution in [1.29, 1.82) is 0 Å². The SMILES string of the molecule is CC1(C)CCN(C(CN)c2ccccc2Cl)C1. The third-order valence-electron chi connectivity index (χ3n) is 3.64. The van der Waals surface area contributed by atoms with Crippen LogP contribution in [0.1, 0.15) is 31.9 Å². The molecule has 0 spiro atoms. The minimum Gasteiger partial charge on any atom is -0.329 e. The lowest BCUT2D eigenvalue weighted by atomic mass is 9.93. The molecule has 1 aromatic rings. The van der Waals surface area contributed by atoms with Crippen LogP contribution in [0, 0.1) is 5.41 Å². The predicted molar refractivity (Wildman–Crippen MR) is 73.2 cm³/mol. The summed E-state index contributed by atoms with van der Waals surface area (Å²) in [6.45, 7) is 7.46. The first-order valence-corrected chi connectivity index (χ1v) is 6.60. The van der Waals surface area contributed by atoms with Crippen LogP contribution in [0.15, 0.2) is 24.3 Å². The molecule has 0 aromatic heterocycles. The fraction of sp³-hybridized carbons (Fsp3) is 0.571. The van der Waals surface area contributed by atoms with Crippen LogP contribution < -0.4 is 5.73 Å². The Kier molecular flexibility index (Phi) is 3.76. The fourth-order valence-electron chi connectivity index (χ4n) is 2.64. The molecule has 94 valence electrons. The molecule has 1 fully saturated rings. The molecular formula is C14H21ClN2. The van der Waals surface area contributed by atoms with Crippen LogP contribution in [-0.2, 0) is 0 Å². The number of nitrogens with zero attached hydrogens (tertiary/aromatic N) is 1. The van der Waals surface area contributed by atoms with E-state index in [1.165, 1.54) is 6.42 Å². The molecule has 2 N–H and O–H groups in total. The van der Waals surface area contributed by atoms with Crippen molar-refractivity contribution in [3.63, 3.8) is 0 Å². The van der Waals surface area contributed by atoms with Gasteiger partial charge in [-0.1, -0.05) is 43.6 Å². The van der Waals surface area contributed by atoms with E-state index in [1.807, 2.05) is 18.2 Å². The van der Waals surface area contributed by atoms with Crippen LogP contribution in [-0.4, -0.2) is 24.5 Å². The van der Waals surface area contributed by atoms with E-state index in [0.717, 1.165) is 23.7 Å². The van der Waals surface area contributed by atoms with Crippen molar-refractivity contribution in [3.05, 3.63) is 34.9 Å². The van der Waals surface area contributed by atoms with Crippen LogP contribution in [0.3, 0.4) is 0 Å². The summed E-state index contributed by atoms with van der Waals surface area (Å²) >= 11 is 6.27. The molecule has 0 radical (unpaired) electrons. The van der Waals surface area contributed by atoms with Crippen LogP contribution in [0.2, 0.25) is 5.02 Å². The van der Waals surface area contributed by atoms with E-state index < -0.39 is 0 Å². The maximum atomic E-state index is 6.27. The molecular weight excluding hydrogens is 232 g/mol.